The molecule has 0 bridgehead atoms. The fourth-order valence-electron chi connectivity index (χ4n) is 3.22. The Morgan fingerprint density at radius 1 is 1.28 bits per heavy atom. The van der Waals surface area contributed by atoms with Crippen LogP contribution in [0.2, 0.25) is 0 Å². The van der Waals surface area contributed by atoms with Crippen LogP contribution in [0.1, 0.15) is 19.3 Å². The van der Waals surface area contributed by atoms with E-state index < -0.39 is 11.8 Å². The van der Waals surface area contributed by atoms with Gasteiger partial charge in [0.15, 0.2) is 0 Å². The number of carbonyl (C=O) groups is 1. The van der Waals surface area contributed by atoms with Gasteiger partial charge in [-0.15, -0.1) is 0 Å². The predicted octanol–water partition coefficient (Wildman–Crippen LogP) is 3.50. The van der Waals surface area contributed by atoms with E-state index in [1.807, 2.05) is 0 Å². The Kier molecular flexibility index (Phi) is 2.94. The van der Waals surface area contributed by atoms with E-state index in [4.69, 9.17) is 44.3 Å². The molecule has 2 aliphatic carbocycles. The Hall–Kier alpha value is -0.220. The van der Waals surface area contributed by atoms with Crippen LogP contribution in [-0.4, -0.2) is 18.9 Å². The fraction of sp³-hybridized carbons (Fsp3) is 0.583. The number of methoxy groups -OCH3 is 1. The van der Waals surface area contributed by atoms with Crippen LogP contribution >= 0.6 is 34.8 Å². The van der Waals surface area contributed by atoms with Crippen LogP contribution in [0.4, 0.5) is 0 Å². The normalized spacial score (nSPS) is 39.0. The van der Waals surface area contributed by atoms with Gasteiger partial charge in [-0.25, -0.2) is 4.79 Å². The lowest BCUT2D eigenvalue weighted by molar-refractivity contribution is -0.179. The lowest BCUT2D eigenvalue weighted by Gasteiger charge is -2.38. The van der Waals surface area contributed by atoms with Gasteiger partial charge in [-0.3, -0.25) is 0 Å². The number of carbonyl (C=O) groups excluding carboxylic acids is 1. The molecule has 1 heterocycles. The molecule has 3 aliphatic rings. The highest BCUT2D eigenvalue weighted by molar-refractivity contribution is 6.44. The molecule has 3 atom stereocenters. The van der Waals surface area contributed by atoms with E-state index >= 15 is 0 Å². The highest BCUT2D eigenvalue weighted by Crippen LogP contribution is 2.59. The monoisotopic (exact) mass is 308 g/mol. The Bertz CT molecular complexity index is 497. The fourth-order valence-corrected chi connectivity index (χ4v) is 4.27. The minimum atomic E-state index is -1.39. The first-order valence-corrected chi connectivity index (χ1v) is 6.90. The summed E-state index contributed by atoms with van der Waals surface area (Å²) in [7, 11) is 1.44. The van der Waals surface area contributed by atoms with Crippen molar-refractivity contribution in [2.75, 3.05) is 7.11 Å². The summed E-state index contributed by atoms with van der Waals surface area (Å²) < 4.78 is 10.6. The summed E-state index contributed by atoms with van der Waals surface area (Å²) in [6.45, 7) is 0. The van der Waals surface area contributed by atoms with Gasteiger partial charge in [0, 0.05) is 23.6 Å². The second-order valence-electron chi connectivity index (χ2n) is 4.74. The van der Waals surface area contributed by atoms with E-state index in [0.717, 1.165) is 19.3 Å². The first kappa shape index (κ1) is 12.8. The number of ether oxygens (including phenoxy) is 2. The minimum Gasteiger partial charge on any atom is -0.419 e. The third-order valence-corrected chi connectivity index (χ3v) is 5.38. The maximum absolute atomic E-state index is 11.7. The topological polar surface area (TPSA) is 35.5 Å². The molecule has 3 rings (SSSR count). The van der Waals surface area contributed by atoms with Crippen molar-refractivity contribution in [3.8, 4) is 0 Å². The number of allylic oxidation sites excluding steroid dienone is 1. The number of hydrogen-bond acceptors (Lipinski definition) is 3. The maximum Gasteiger partial charge on any atom is 0.353 e. The quantitative estimate of drug-likeness (QED) is 0.696. The molecule has 0 N–H and O–H groups in total. The van der Waals surface area contributed by atoms with Gasteiger partial charge in [0.1, 0.15) is 10.1 Å². The number of halogens is 3. The Labute approximate surface area is 120 Å². The summed E-state index contributed by atoms with van der Waals surface area (Å²) in [5, 5.41) is 0.855. The lowest BCUT2D eigenvalue weighted by atomic mass is 9.79. The molecule has 0 aromatic carbocycles. The number of esters is 1. The second-order valence-corrected chi connectivity index (χ2v) is 5.91. The number of rotatable bonds is 1. The molecular weight excluding hydrogens is 298 g/mol. The summed E-state index contributed by atoms with van der Waals surface area (Å²) in [6, 6.07) is 0. The zero-order chi connectivity index (χ0) is 13.1. The zero-order valence-corrected chi connectivity index (χ0v) is 11.9. The van der Waals surface area contributed by atoms with Crippen molar-refractivity contribution in [3.63, 3.8) is 0 Å². The molecule has 6 heteroatoms. The average molecular weight is 310 g/mol. The van der Waals surface area contributed by atoms with Gasteiger partial charge in [0.05, 0.1) is 0 Å². The van der Waals surface area contributed by atoms with Crippen molar-refractivity contribution in [1.29, 1.82) is 0 Å². The molecule has 1 aliphatic heterocycles. The molecule has 0 spiro atoms. The highest BCUT2D eigenvalue weighted by atomic mass is 35.5. The molecule has 3 nitrogen and oxygen atoms in total. The van der Waals surface area contributed by atoms with Crippen molar-refractivity contribution < 1.29 is 14.3 Å². The van der Waals surface area contributed by atoms with E-state index in [1.54, 1.807) is 0 Å². The Morgan fingerprint density at radius 3 is 2.61 bits per heavy atom. The molecule has 0 aromatic rings. The number of fused-ring (bicyclic) bond motifs is 3. The SMILES string of the molecule is CO[C@]12OC(=O)C(Cl)=C1[C@@H]1CCC[C@@H]1C(Cl)=C2Cl. The summed E-state index contributed by atoms with van der Waals surface area (Å²) >= 11 is 18.7. The summed E-state index contributed by atoms with van der Waals surface area (Å²) in [4.78, 5) is 11.7. The van der Waals surface area contributed by atoms with Crippen LogP contribution in [0, 0.1) is 11.8 Å². The summed E-state index contributed by atoms with van der Waals surface area (Å²) in [5.74, 6) is -1.78. The van der Waals surface area contributed by atoms with E-state index in [2.05, 4.69) is 0 Å². The molecular formula is C12H11Cl3O3. The molecule has 18 heavy (non-hydrogen) atoms. The number of hydrogen-bond donors (Lipinski definition) is 0. The van der Waals surface area contributed by atoms with Crippen LogP contribution < -0.4 is 0 Å². The van der Waals surface area contributed by atoms with Gasteiger partial charge in [0.25, 0.3) is 5.79 Å². The van der Waals surface area contributed by atoms with Gasteiger partial charge in [-0.05, 0) is 18.8 Å². The molecule has 1 fully saturated rings. The third kappa shape index (κ3) is 1.39. The molecule has 0 unspecified atom stereocenters. The van der Waals surface area contributed by atoms with Crippen LogP contribution in [0.3, 0.4) is 0 Å². The smallest absolute Gasteiger partial charge is 0.353 e. The second kappa shape index (κ2) is 4.14. The highest BCUT2D eigenvalue weighted by Gasteiger charge is 2.59. The standard InChI is InChI=1S/C12H11Cl3O3/c1-17-12-7(9(14)11(16)18-12)5-3-2-4-6(5)8(13)10(12)15/h5-6H,2-4H2,1H3/t5-,6+,12+/m1/s1. The molecule has 0 radical (unpaired) electrons. The zero-order valence-electron chi connectivity index (χ0n) is 9.63. The molecule has 98 valence electrons. The van der Waals surface area contributed by atoms with Gasteiger partial charge in [-0.1, -0.05) is 41.2 Å². The molecule has 0 amide bonds. The minimum absolute atomic E-state index is 0.0823. The van der Waals surface area contributed by atoms with Crippen LogP contribution in [0.15, 0.2) is 20.7 Å². The van der Waals surface area contributed by atoms with E-state index in [0.29, 0.717) is 10.6 Å². The van der Waals surface area contributed by atoms with Crippen LogP contribution in [0.25, 0.3) is 0 Å². The van der Waals surface area contributed by atoms with Crippen molar-refractivity contribution in [3.05, 3.63) is 20.7 Å². The van der Waals surface area contributed by atoms with Gasteiger partial charge < -0.3 is 9.47 Å². The van der Waals surface area contributed by atoms with E-state index in [-0.39, 0.29) is 21.9 Å². The summed E-state index contributed by atoms with van der Waals surface area (Å²) in [5.41, 5.74) is 0.647. The van der Waals surface area contributed by atoms with Crippen molar-refractivity contribution in [1.82, 2.24) is 0 Å². The van der Waals surface area contributed by atoms with Gasteiger partial charge in [0.2, 0.25) is 0 Å². The molecule has 0 aromatic heterocycles. The van der Waals surface area contributed by atoms with E-state index in [1.165, 1.54) is 7.11 Å². The van der Waals surface area contributed by atoms with Crippen molar-refractivity contribution >= 4 is 40.8 Å². The van der Waals surface area contributed by atoms with Crippen molar-refractivity contribution in [2.45, 2.75) is 25.0 Å². The predicted molar refractivity (Wildman–Crippen MR) is 68.3 cm³/mol. The molecule has 0 saturated heterocycles. The van der Waals surface area contributed by atoms with Crippen LogP contribution in [-0.2, 0) is 14.3 Å². The van der Waals surface area contributed by atoms with Crippen LogP contribution in [0.5, 0.6) is 0 Å². The molecule has 1 saturated carbocycles. The lowest BCUT2D eigenvalue weighted by Crippen LogP contribution is -2.42. The van der Waals surface area contributed by atoms with Gasteiger partial charge >= 0.3 is 5.97 Å². The first-order chi connectivity index (χ1) is 8.53. The first-order valence-electron chi connectivity index (χ1n) is 5.77. The van der Waals surface area contributed by atoms with Crippen molar-refractivity contribution in [2.24, 2.45) is 11.8 Å². The van der Waals surface area contributed by atoms with E-state index in [9.17, 15) is 4.79 Å². The maximum atomic E-state index is 11.7. The Balaban J connectivity index is 2.26. The Morgan fingerprint density at radius 2 is 1.94 bits per heavy atom. The summed E-state index contributed by atoms with van der Waals surface area (Å²) in [6.07, 6.45) is 2.89. The third-order valence-electron chi connectivity index (χ3n) is 4.01. The average Bonchev–Trinajstić information content (AvgIpc) is 2.91. The van der Waals surface area contributed by atoms with Gasteiger partial charge in [-0.2, -0.15) is 0 Å². The largest absolute Gasteiger partial charge is 0.419 e.